The van der Waals surface area contributed by atoms with Crippen molar-refractivity contribution in [2.75, 3.05) is 7.11 Å². The Labute approximate surface area is 119 Å². The highest BCUT2D eigenvalue weighted by molar-refractivity contribution is 6.00. The molecule has 1 amide bonds. The van der Waals surface area contributed by atoms with Crippen molar-refractivity contribution in [2.24, 2.45) is 5.92 Å². The van der Waals surface area contributed by atoms with Gasteiger partial charge >= 0.3 is 5.97 Å². The quantitative estimate of drug-likeness (QED) is 0.811. The molecule has 1 fully saturated rings. The molecule has 1 aromatic rings. The smallest absolute Gasteiger partial charge is 0.339 e. The second-order valence-corrected chi connectivity index (χ2v) is 5.42. The van der Waals surface area contributed by atoms with Crippen molar-refractivity contribution in [1.82, 2.24) is 10.3 Å². The van der Waals surface area contributed by atoms with Crippen LogP contribution in [0.4, 0.5) is 0 Å². The zero-order valence-electron chi connectivity index (χ0n) is 12.5. The molecule has 0 saturated heterocycles. The number of carbonyl (C=O) groups excluding carboxylic acids is 2. The average Bonchev–Trinajstić information content (AvgIpc) is 3.21. The summed E-state index contributed by atoms with van der Waals surface area (Å²) in [6.07, 6.45) is 3.01. The molecule has 0 bridgehead atoms. The average molecular weight is 278 g/mol. The molecule has 1 unspecified atom stereocenters. The number of aromatic nitrogens is 1. The van der Waals surface area contributed by atoms with Crippen molar-refractivity contribution >= 4 is 11.9 Å². The van der Waals surface area contributed by atoms with Gasteiger partial charge in [-0.25, -0.2) is 4.79 Å². The van der Waals surface area contributed by atoms with Crippen molar-refractivity contribution < 1.29 is 14.3 Å². The van der Waals surface area contributed by atoms with Crippen LogP contribution in [0.1, 0.15) is 58.8 Å². The first-order valence-corrected chi connectivity index (χ1v) is 7.10. The second-order valence-electron chi connectivity index (χ2n) is 5.42. The Kier molecular flexibility index (Phi) is 4.16. The minimum atomic E-state index is -0.398. The van der Waals surface area contributed by atoms with Gasteiger partial charge in [-0.15, -0.1) is 0 Å². The summed E-state index contributed by atoms with van der Waals surface area (Å²) in [7, 11) is 1.35. The molecule has 1 saturated carbocycles. The summed E-state index contributed by atoms with van der Waals surface area (Å²) in [6, 6.07) is 0.178. The molecule has 1 heterocycles. The van der Waals surface area contributed by atoms with E-state index in [-0.39, 0.29) is 11.9 Å². The van der Waals surface area contributed by atoms with E-state index in [1.807, 2.05) is 13.8 Å². The van der Waals surface area contributed by atoms with E-state index in [1.165, 1.54) is 20.0 Å². The number of ether oxygens (including phenoxy) is 1. The van der Waals surface area contributed by atoms with Gasteiger partial charge in [-0.2, -0.15) is 0 Å². The predicted molar refractivity (Wildman–Crippen MR) is 75.9 cm³/mol. The number of hydrogen-bond donors (Lipinski definition) is 2. The molecule has 0 aromatic carbocycles. The first kappa shape index (κ1) is 14.6. The summed E-state index contributed by atoms with van der Waals surface area (Å²) in [4.78, 5) is 27.2. The van der Waals surface area contributed by atoms with E-state index in [0.717, 1.165) is 5.69 Å². The zero-order chi connectivity index (χ0) is 14.9. The topological polar surface area (TPSA) is 71.2 Å². The fourth-order valence-corrected chi connectivity index (χ4v) is 2.52. The van der Waals surface area contributed by atoms with Crippen LogP contribution in [-0.4, -0.2) is 30.0 Å². The normalized spacial score (nSPS) is 15.8. The number of aryl methyl sites for hydroxylation is 1. The monoisotopic (exact) mass is 278 g/mol. The van der Waals surface area contributed by atoms with E-state index >= 15 is 0 Å². The fraction of sp³-hybridized carbons (Fsp3) is 0.600. The van der Waals surface area contributed by atoms with Gasteiger partial charge in [0.1, 0.15) is 5.69 Å². The minimum Gasteiger partial charge on any atom is -0.465 e. The number of methoxy groups -OCH3 is 1. The van der Waals surface area contributed by atoms with Gasteiger partial charge in [-0.3, -0.25) is 4.79 Å². The molecule has 1 atom stereocenters. The minimum absolute atomic E-state index is 0.147. The lowest BCUT2D eigenvalue weighted by Gasteiger charge is -2.12. The van der Waals surface area contributed by atoms with Crippen LogP contribution in [0.2, 0.25) is 0 Å². The zero-order valence-corrected chi connectivity index (χ0v) is 12.5. The van der Waals surface area contributed by atoms with Gasteiger partial charge in [0.2, 0.25) is 0 Å². The number of rotatable bonds is 5. The molecule has 0 radical (unpaired) electrons. The van der Waals surface area contributed by atoms with Gasteiger partial charge in [0.25, 0.3) is 5.91 Å². The number of hydrogen-bond acceptors (Lipinski definition) is 3. The molecule has 5 nitrogen and oxygen atoms in total. The lowest BCUT2D eigenvalue weighted by molar-refractivity contribution is 0.0599. The second kappa shape index (κ2) is 5.69. The number of H-pyrrole nitrogens is 1. The Bertz CT molecular complexity index is 529. The Morgan fingerprint density at radius 1 is 1.45 bits per heavy atom. The molecule has 0 spiro atoms. The number of carbonyl (C=O) groups is 2. The van der Waals surface area contributed by atoms with Crippen LogP contribution in [0, 0.1) is 12.8 Å². The third-order valence-electron chi connectivity index (χ3n) is 3.99. The van der Waals surface area contributed by atoms with Crippen LogP contribution < -0.4 is 5.32 Å². The van der Waals surface area contributed by atoms with Gasteiger partial charge in [-0.1, -0.05) is 6.92 Å². The summed E-state index contributed by atoms with van der Waals surface area (Å²) in [5.74, 6) is 0.0524. The van der Waals surface area contributed by atoms with Crippen LogP contribution in [0.15, 0.2) is 0 Å². The lowest BCUT2D eigenvalue weighted by atomic mass is 10.1. The fourth-order valence-electron chi connectivity index (χ4n) is 2.52. The molecule has 0 aliphatic heterocycles. The third-order valence-corrected chi connectivity index (χ3v) is 3.99. The highest BCUT2D eigenvalue weighted by atomic mass is 16.5. The van der Waals surface area contributed by atoms with Crippen LogP contribution >= 0.6 is 0 Å². The molecule has 110 valence electrons. The van der Waals surface area contributed by atoms with Crippen LogP contribution in [-0.2, 0) is 11.2 Å². The molecule has 1 aliphatic carbocycles. The van der Waals surface area contributed by atoms with Crippen molar-refractivity contribution in [3.05, 3.63) is 22.5 Å². The summed E-state index contributed by atoms with van der Waals surface area (Å²) >= 11 is 0. The van der Waals surface area contributed by atoms with Crippen LogP contribution in [0.3, 0.4) is 0 Å². The lowest BCUT2D eigenvalue weighted by Crippen LogP contribution is -2.34. The standard InChI is InChI=1S/C15H22N2O3/c1-5-11-12(15(19)20-4)8(2)13(17-11)14(18)16-9(3)10-6-7-10/h9-10,17H,5-7H2,1-4H3,(H,16,18). The van der Waals surface area contributed by atoms with Gasteiger partial charge < -0.3 is 15.0 Å². The molecule has 2 N–H and O–H groups in total. The van der Waals surface area contributed by atoms with Gasteiger partial charge in [0, 0.05) is 11.7 Å². The number of esters is 1. The molecule has 5 heteroatoms. The first-order chi connectivity index (χ1) is 9.49. The van der Waals surface area contributed by atoms with Gasteiger partial charge in [0.05, 0.1) is 12.7 Å². The highest BCUT2D eigenvalue weighted by Gasteiger charge is 2.30. The molecular weight excluding hydrogens is 256 g/mol. The third kappa shape index (κ3) is 2.71. The van der Waals surface area contributed by atoms with E-state index in [1.54, 1.807) is 6.92 Å². The SMILES string of the molecule is CCc1[nH]c(C(=O)NC(C)C2CC2)c(C)c1C(=O)OC. The van der Waals surface area contributed by atoms with E-state index < -0.39 is 5.97 Å². The van der Waals surface area contributed by atoms with Gasteiger partial charge in [-0.05, 0) is 44.6 Å². The maximum atomic E-state index is 12.3. The number of amides is 1. The summed E-state index contributed by atoms with van der Waals surface area (Å²) in [5, 5.41) is 3.00. The molecule has 2 rings (SSSR count). The molecule has 20 heavy (non-hydrogen) atoms. The van der Waals surface area contributed by atoms with Crippen molar-refractivity contribution in [3.8, 4) is 0 Å². The van der Waals surface area contributed by atoms with E-state index in [2.05, 4.69) is 10.3 Å². The molecule has 1 aliphatic rings. The molecule has 1 aromatic heterocycles. The maximum Gasteiger partial charge on any atom is 0.339 e. The number of nitrogens with one attached hydrogen (secondary N) is 2. The van der Waals surface area contributed by atoms with Crippen LogP contribution in [0.25, 0.3) is 0 Å². The Hall–Kier alpha value is -1.78. The Morgan fingerprint density at radius 3 is 2.60 bits per heavy atom. The van der Waals surface area contributed by atoms with Crippen molar-refractivity contribution in [3.63, 3.8) is 0 Å². The van der Waals surface area contributed by atoms with Crippen LogP contribution in [0.5, 0.6) is 0 Å². The van der Waals surface area contributed by atoms with Crippen molar-refractivity contribution in [2.45, 2.75) is 46.1 Å². The Balaban J connectivity index is 2.24. The van der Waals surface area contributed by atoms with E-state index in [4.69, 9.17) is 4.74 Å². The Morgan fingerprint density at radius 2 is 2.10 bits per heavy atom. The summed E-state index contributed by atoms with van der Waals surface area (Å²) < 4.78 is 4.79. The predicted octanol–water partition coefficient (Wildman–Crippen LogP) is 2.20. The van der Waals surface area contributed by atoms with E-state index in [0.29, 0.717) is 29.2 Å². The summed E-state index contributed by atoms with van der Waals surface area (Å²) in [5.41, 5.74) is 2.36. The first-order valence-electron chi connectivity index (χ1n) is 7.10. The number of aromatic amines is 1. The largest absolute Gasteiger partial charge is 0.465 e. The van der Waals surface area contributed by atoms with E-state index in [9.17, 15) is 9.59 Å². The molecular formula is C15H22N2O3. The maximum absolute atomic E-state index is 12.3. The van der Waals surface area contributed by atoms with Gasteiger partial charge in [0.15, 0.2) is 0 Å². The van der Waals surface area contributed by atoms with Crippen molar-refractivity contribution in [1.29, 1.82) is 0 Å². The summed E-state index contributed by atoms with van der Waals surface area (Å²) in [6.45, 7) is 5.74. The highest BCUT2D eigenvalue weighted by Crippen LogP contribution is 2.32.